The lowest BCUT2D eigenvalue weighted by Crippen LogP contribution is -2.32. The summed E-state index contributed by atoms with van der Waals surface area (Å²) in [6, 6.07) is 13.1. The zero-order valence-corrected chi connectivity index (χ0v) is 14.0. The van der Waals surface area contributed by atoms with Gasteiger partial charge in [-0.25, -0.2) is 8.78 Å². The van der Waals surface area contributed by atoms with Crippen molar-refractivity contribution >= 4 is 16.5 Å². The largest absolute Gasteiger partial charge is 0.464 e. The third-order valence-corrected chi connectivity index (χ3v) is 4.82. The highest BCUT2D eigenvalue weighted by Gasteiger charge is 2.24. The molecule has 0 aliphatic carbocycles. The Bertz CT molecular complexity index is 930. The lowest BCUT2D eigenvalue weighted by atomic mass is 9.89. The van der Waals surface area contributed by atoms with Gasteiger partial charge in [-0.15, -0.1) is 0 Å². The second kappa shape index (κ2) is 6.45. The minimum Gasteiger partial charge on any atom is -0.464 e. The van der Waals surface area contributed by atoms with Gasteiger partial charge in [0.15, 0.2) is 11.6 Å². The number of furan rings is 1. The molecule has 2 nitrogen and oxygen atoms in total. The van der Waals surface area contributed by atoms with Crippen LogP contribution in [-0.4, -0.2) is 18.0 Å². The van der Waals surface area contributed by atoms with Crippen LogP contribution in [0.15, 0.2) is 59.2 Å². The molecule has 0 bridgehead atoms. The molecule has 0 fully saturated rings. The molecule has 0 radical (unpaired) electrons. The highest BCUT2D eigenvalue weighted by atomic mass is 19.2. The number of fused-ring (bicyclic) bond motifs is 1. The Labute approximate surface area is 145 Å². The van der Waals surface area contributed by atoms with Gasteiger partial charge < -0.3 is 4.42 Å². The summed E-state index contributed by atoms with van der Waals surface area (Å²) in [6.07, 6.45) is 3.51. The maximum atomic E-state index is 14.0. The van der Waals surface area contributed by atoms with E-state index in [1.54, 1.807) is 0 Å². The molecule has 1 aromatic heterocycles. The van der Waals surface area contributed by atoms with E-state index in [9.17, 15) is 8.78 Å². The van der Waals surface area contributed by atoms with Crippen LogP contribution >= 0.6 is 0 Å². The quantitative estimate of drug-likeness (QED) is 0.648. The Hall–Kier alpha value is -2.46. The van der Waals surface area contributed by atoms with Gasteiger partial charge in [0.1, 0.15) is 5.58 Å². The van der Waals surface area contributed by atoms with Crippen molar-refractivity contribution in [1.82, 2.24) is 4.90 Å². The smallest absolute Gasteiger partial charge is 0.169 e. The van der Waals surface area contributed by atoms with Crippen LogP contribution in [0, 0.1) is 17.6 Å². The molecular formula is C21H19F2NO. The number of benzene rings is 2. The van der Waals surface area contributed by atoms with Crippen molar-refractivity contribution in [3.63, 3.8) is 0 Å². The fraction of sp³-hybridized carbons (Fsp3) is 0.238. The van der Waals surface area contributed by atoms with Crippen LogP contribution in [0.5, 0.6) is 0 Å². The summed E-state index contributed by atoms with van der Waals surface area (Å²) < 4.78 is 33.3. The highest BCUT2D eigenvalue weighted by molar-refractivity contribution is 5.91. The van der Waals surface area contributed by atoms with Crippen LogP contribution in [0.1, 0.15) is 18.1 Å². The third-order valence-electron chi connectivity index (χ3n) is 4.82. The van der Waals surface area contributed by atoms with E-state index in [4.69, 9.17) is 4.42 Å². The predicted octanol–water partition coefficient (Wildman–Crippen LogP) is 5.25. The molecule has 0 N–H and O–H groups in total. The van der Waals surface area contributed by atoms with E-state index in [1.807, 2.05) is 18.2 Å². The van der Waals surface area contributed by atoms with E-state index in [0.29, 0.717) is 11.1 Å². The SMILES string of the molecule is CC1CN(Cc2ccccc2)CC=C1c1cc(F)c(F)c2ccoc12. The standard InChI is InChI=1S/C21H19F2NO/c1-14-12-24(13-15-5-3-2-4-6-15)9-7-16(14)18-11-19(22)20(23)17-8-10-25-21(17)18/h2-8,10-11,14H,9,12-13H2,1H3. The van der Waals surface area contributed by atoms with Crippen LogP contribution in [0.3, 0.4) is 0 Å². The van der Waals surface area contributed by atoms with Crippen LogP contribution in [0.25, 0.3) is 16.5 Å². The fourth-order valence-corrected chi connectivity index (χ4v) is 3.62. The molecular weight excluding hydrogens is 320 g/mol. The molecule has 4 rings (SSSR count). The number of hydrogen-bond acceptors (Lipinski definition) is 2. The summed E-state index contributed by atoms with van der Waals surface area (Å²) in [7, 11) is 0. The first-order valence-corrected chi connectivity index (χ1v) is 8.45. The van der Waals surface area contributed by atoms with Crippen LogP contribution in [0.4, 0.5) is 8.78 Å². The zero-order chi connectivity index (χ0) is 17.4. The summed E-state index contributed by atoms with van der Waals surface area (Å²) in [6.45, 7) is 4.62. The van der Waals surface area contributed by atoms with Gasteiger partial charge >= 0.3 is 0 Å². The van der Waals surface area contributed by atoms with E-state index in [1.165, 1.54) is 24.0 Å². The maximum absolute atomic E-state index is 14.0. The zero-order valence-electron chi connectivity index (χ0n) is 14.0. The summed E-state index contributed by atoms with van der Waals surface area (Å²) in [5.41, 5.74) is 3.37. The van der Waals surface area contributed by atoms with Crippen molar-refractivity contribution < 1.29 is 13.2 Å². The summed E-state index contributed by atoms with van der Waals surface area (Å²) in [5, 5.41) is 0.204. The Morgan fingerprint density at radius 3 is 2.72 bits per heavy atom. The van der Waals surface area contributed by atoms with E-state index in [0.717, 1.165) is 25.2 Å². The van der Waals surface area contributed by atoms with Crippen LogP contribution in [0.2, 0.25) is 0 Å². The monoisotopic (exact) mass is 339 g/mol. The Kier molecular flexibility index (Phi) is 4.14. The molecule has 1 aliphatic heterocycles. The summed E-state index contributed by atoms with van der Waals surface area (Å²) in [5.74, 6) is -1.47. The van der Waals surface area contributed by atoms with Gasteiger partial charge in [-0.3, -0.25) is 4.90 Å². The molecule has 25 heavy (non-hydrogen) atoms. The van der Waals surface area contributed by atoms with Crippen molar-refractivity contribution in [2.24, 2.45) is 5.92 Å². The molecule has 1 atom stereocenters. The number of nitrogens with zero attached hydrogens (tertiary/aromatic N) is 1. The van der Waals surface area contributed by atoms with Gasteiger partial charge in [-0.05, 0) is 29.2 Å². The molecule has 2 aromatic carbocycles. The van der Waals surface area contributed by atoms with E-state index < -0.39 is 11.6 Å². The van der Waals surface area contributed by atoms with Gasteiger partial charge in [0.05, 0.1) is 11.6 Å². The molecule has 3 aromatic rings. The minimum absolute atomic E-state index is 0.204. The predicted molar refractivity (Wildman–Crippen MR) is 95.0 cm³/mol. The molecule has 2 heterocycles. The maximum Gasteiger partial charge on any atom is 0.169 e. The van der Waals surface area contributed by atoms with Gasteiger partial charge in [0.2, 0.25) is 0 Å². The Morgan fingerprint density at radius 2 is 1.96 bits per heavy atom. The molecule has 1 aliphatic rings. The molecule has 0 spiro atoms. The Morgan fingerprint density at radius 1 is 1.16 bits per heavy atom. The van der Waals surface area contributed by atoms with E-state index in [-0.39, 0.29) is 11.3 Å². The molecule has 0 amide bonds. The normalized spacial score (nSPS) is 18.5. The fourth-order valence-electron chi connectivity index (χ4n) is 3.62. The van der Waals surface area contributed by atoms with Crippen LogP contribution in [-0.2, 0) is 6.54 Å². The Balaban J connectivity index is 1.64. The first-order valence-electron chi connectivity index (χ1n) is 8.45. The van der Waals surface area contributed by atoms with Crippen molar-refractivity contribution in [3.05, 3.63) is 77.6 Å². The number of rotatable bonds is 3. The van der Waals surface area contributed by atoms with Crippen molar-refractivity contribution in [3.8, 4) is 0 Å². The molecule has 1 unspecified atom stereocenters. The van der Waals surface area contributed by atoms with Crippen molar-refractivity contribution in [2.75, 3.05) is 13.1 Å². The van der Waals surface area contributed by atoms with Gasteiger partial charge in [0, 0.05) is 25.2 Å². The second-order valence-electron chi connectivity index (χ2n) is 6.62. The molecule has 0 saturated heterocycles. The van der Waals surface area contributed by atoms with E-state index >= 15 is 0 Å². The van der Waals surface area contributed by atoms with Crippen LogP contribution < -0.4 is 0 Å². The average molecular weight is 339 g/mol. The molecule has 4 heteroatoms. The van der Waals surface area contributed by atoms with Crippen molar-refractivity contribution in [1.29, 1.82) is 0 Å². The lowest BCUT2D eigenvalue weighted by molar-refractivity contribution is 0.263. The first kappa shape index (κ1) is 16.0. The third kappa shape index (κ3) is 2.98. The number of hydrogen-bond donors (Lipinski definition) is 0. The topological polar surface area (TPSA) is 16.4 Å². The minimum atomic E-state index is -0.845. The lowest BCUT2D eigenvalue weighted by Gasteiger charge is -2.31. The average Bonchev–Trinajstić information content (AvgIpc) is 3.10. The molecule has 128 valence electrons. The molecule has 0 saturated carbocycles. The summed E-state index contributed by atoms with van der Waals surface area (Å²) >= 11 is 0. The summed E-state index contributed by atoms with van der Waals surface area (Å²) in [4.78, 5) is 2.35. The van der Waals surface area contributed by atoms with Crippen molar-refractivity contribution in [2.45, 2.75) is 13.5 Å². The number of halogens is 2. The van der Waals surface area contributed by atoms with Gasteiger partial charge in [-0.2, -0.15) is 0 Å². The van der Waals surface area contributed by atoms with Gasteiger partial charge in [-0.1, -0.05) is 43.3 Å². The second-order valence-corrected chi connectivity index (χ2v) is 6.62. The first-order chi connectivity index (χ1) is 12.1. The van der Waals surface area contributed by atoms with Gasteiger partial charge in [0.25, 0.3) is 0 Å². The highest BCUT2D eigenvalue weighted by Crippen LogP contribution is 2.35. The van der Waals surface area contributed by atoms with E-state index in [2.05, 4.69) is 30.0 Å².